The molecule has 19 heavy (non-hydrogen) atoms. The van der Waals surface area contributed by atoms with Gasteiger partial charge in [0.1, 0.15) is 12.4 Å². The van der Waals surface area contributed by atoms with Gasteiger partial charge in [0.05, 0.1) is 11.9 Å². The highest BCUT2D eigenvalue weighted by Gasteiger charge is 2.19. The molecular weight excluding hydrogens is 238 g/mol. The molecule has 0 aromatic carbocycles. The Balaban J connectivity index is 1.85. The van der Waals surface area contributed by atoms with Crippen LogP contribution in [0.4, 0.5) is 0 Å². The van der Waals surface area contributed by atoms with Crippen LogP contribution < -0.4 is 10.5 Å². The van der Waals surface area contributed by atoms with Crippen LogP contribution in [-0.4, -0.2) is 36.1 Å². The second-order valence-electron chi connectivity index (χ2n) is 5.37. The van der Waals surface area contributed by atoms with Crippen molar-refractivity contribution in [3.05, 3.63) is 24.0 Å². The van der Waals surface area contributed by atoms with Crippen LogP contribution in [0.25, 0.3) is 0 Å². The minimum absolute atomic E-state index is 0.0264. The van der Waals surface area contributed by atoms with Crippen LogP contribution in [0.15, 0.2) is 18.3 Å². The highest BCUT2D eigenvalue weighted by Crippen LogP contribution is 2.18. The number of rotatable bonds is 5. The highest BCUT2D eigenvalue weighted by atomic mass is 16.5. The van der Waals surface area contributed by atoms with Gasteiger partial charge in [-0.05, 0) is 45.0 Å². The lowest BCUT2D eigenvalue weighted by atomic mass is 10.0. The maximum absolute atomic E-state index is 5.94. The molecule has 1 aliphatic rings. The van der Waals surface area contributed by atoms with Gasteiger partial charge in [0.2, 0.25) is 0 Å². The molecule has 0 saturated carbocycles. The first-order valence-electron chi connectivity index (χ1n) is 7.25. The molecule has 0 bridgehead atoms. The maximum atomic E-state index is 5.94. The van der Waals surface area contributed by atoms with E-state index in [1.165, 1.54) is 25.8 Å². The lowest BCUT2D eigenvalue weighted by molar-refractivity contribution is 0.125. The Kier molecular flexibility index (Phi) is 5.16. The number of nitrogens with two attached hydrogens (primary N) is 1. The van der Waals surface area contributed by atoms with Crippen molar-refractivity contribution in [1.82, 2.24) is 9.88 Å². The zero-order valence-electron chi connectivity index (χ0n) is 12.0. The normalized spacial score (nSPS) is 22.2. The molecule has 0 radical (unpaired) electrons. The van der Waals surface area contributed by atoms with Crippen LogP contribution in [0.3, 0.4) is 0 Å². The third-order valence-corrected chi connectivity index (χ3v) is 3.94. The van der Waals surface area contributed by atoms with Crippen molar-refractivity contribution < 1.29 is 4.74 Å². The van der Waals surface area contributed by atoms with Crippen molar-refractivity contribution in [2.75, 3.05) is 20.2 Å². The fourth-order valence-corrected chi connectivity index (χ4v) is 2.45. The molecule has 1 aromatic heterocycles. The van der Waals surface area contributed by atoms with Gasteiger partial charge >= 0.3 is 0 Å². The highest BCUT2D eigenvalue weighted by molar-refractivity contribution is 5.21. The van der Waals surface area contributed by atoms with Gasteiger partial charge in [0.15, 0.2) is 0 Å². The summed E-state index contributed by atoms with van der Waals surface area (Å²) in [6.07, 6.45) is 6.52. The summed E-state index contributed by atoms with van der Waals surface area (Å²) < 4.78 is 5.84. The Morgan fingerprint density at radius 3 is 2.95 bits per heavy atom. The minimum atomic E-state index is 0.0264. The molecule has 4 nitrogen and oxygen atoms in total. The van der Waals surface area contributed by atoms with Crippen LogP contribution in [0.2, 0.25) is 0 Å². The molecule has 0 spiro atoms. The van der Waals surface area contributed by atoms with Crippen molar-refractivity contribution in [2.45, 2.75) is 44.7 Å². The number of pyridine rings is 1. The summed E-state index contributed by atoms with van der Waals surface area (Å²) in [6, 6.07) is 4.50. The Bertz CT molecular complexity index is 379. The lowest BCUT2D eigenvalue weighted by Crippen LogP contribution is -2.40. The van der Waals surface area contributed by atoms with E-state index in [0.717, 1.165) is 24.5 Å². The average Bonchev–Trinajstić information content (AvgIpc) is 2.46. The summed E-state index contributed by atoms with van der Waals surface area (Å²) in [7, 11) is 2.18. The third kappa shape index (κ3) is 3.91. The van der Waals surface area contributed by atoms with E-state index in [1.54, 1.807) is 6.20 Å². The molecule has 1 saturated heterocycles. The van der Waals surface area contributed by atoms with Gasteiger partial charge in [0.25, 0.3) is 0 Å². The fraction of sp³-hybridized carbons (Fsp3) is 0.667. The van der Waals surface area contributed by atoms with Crippen molar-refractivity contribution >= 4 is 0 Å². The van der Waals surface area contributed by atoms with Crippen LogP contribution in [0.1, 0.15) is 44.3 Å². The number of nitrogens with zero attached hydrogens (tertiary/aromatic N) is 2. The molecule has 1 unspecified atom stereocenters. The molecule has 1 fully saturated rings. The van der Waals surface area contributed by atoms with E-state index in [1.807, 2.05) is 12.1 Å². The quantitative estimate of drug-likeness (QED) is 0.886. The van der Waals surface area contributed by atoms with E-state index in [-0.39, 0.29) is 6.04 Å². The molecule has 2 heterocycles. The number of piperidine rings is 1. The van der Waals surface area contributed by atoms with E-state index in [2.05, 4.69) is 23.9 Å². The number of aromatic nitrogens is 1. The summed E-state index contributed by atoms with van der Waals surface area (Å²) in [5.74, 6) is 0.839. The number of hydrogen-bond acceptors (Lipinski definition) is 4. The molecule has 4 heteroatoms. The van der Waals surface area contributed by atoms with Crippen LogP contribution >= 0.6 is 0 Å². The van der Waals surface area contributed by atoms with Gasteiger partial charge in [-0.3, -0.25) is 4.98 Å². The largest absolute Gasteiger partial charge is 0.490 e. The van der Waals surface area contributed by atoms with Crippen molar-refractivity contribution in [1.29, 1.82) is 0 Å². The van der Waals surface area contributed by atoms with Gasteiger partial charge in [-0.1, -0.05) is 13.3 Å². The van der Waals surface area contributed by atoms with E-state index in [0.29, 0.717) is 6.04 Å². The van der Waals surface area contributed by atoms with Gasteiger partial charge in [-0.25, -0.2) is 0 Å². The Hall–Kier alpha value is -1.13. The summed E-state index contributed by atoms with van der Waals surface area (Å²) in [4.78, 5) is 6.76. The van der Waals surface area contributed by atoms with Crippen LogP contribution in [0.5, 0.6) is 5.75 Å². The van der Waals surface area contributed by atoms with Gasteiger partial charge < -0.3 is 15.4 Å². The minimum Gasteiger partial charge on any atom is -0.490 e. The second kappa shape index (κ2) is 6.87. The first kappa shape index (κ1) is 14.3. The summed E-state index contributed by atoms with van der Waals surface area (Å²) in [5, 5.41) is 0. The van der Waals surface area contributed by atoms with E-state index in [9.17, 15) is 0 Å². The molecule has 2 rings (SSSR count). The van der Waals surface area contributed by atoms with Gasteiger partial charge in [0, 0.05) is 12.1 Å². The summed E-state index contributed by atoms with van der Waals surface area (Å²) in [5.41, 5.74) is 6.88. The van der Waals surface area contributed by atoms with Crippen molar-refractivity contribution in [3.63, 3.8) is 0 Å². The molecule has 0 aliphatic carbocycles. The molecule has 1 aromatic rings. The molecule has 2 N–H and O–H groups in total. The molecular formula is C15H25N3O. The first-order chi connectivity index (χ1) is 9.20. The Morgan fingerprint density at radius 2 is 2.32 bits per heavy atom. The van der Waals surface area contributed by atoms with E-state index in [4.69, 9.17) is 10.5 Å². The average molecular weight is 263 g/mol. The second-order valence-corrected chi connectivity index (χ2v) is 5.37. The molecule has 106 valence electrons. The van der Waals surface area contributed by atoms with Gasteiger partial charge in [-0.15, -0.1) is 0 Å². The lowest BCUT2D eigenvalue weighted by Gasteiger charge is -2.32. The first-order valence-corrected chi connectivity index (χ1v) is 7.25. The van der Waals surface area contributed by atoms with Crippen molar-refractivity contribution in [2.24, 2.45) is 5.73 Å². The Morgan fingerprint density at radius 1 is 1.47 bits per heavy atom. The number of hydrogen-bond donors (Lipinski definition) is 1. The van der Waals surface area contributed by atoms with Crippen LogP contribution in [0, 0.1) is 0 Å². The smallest absolute Gasteiger partial charge is 0.137 e. The van der Waals surface area contributed by atoms with Crippen LogP contribution in [-0.2, 0) is 0 Å². The topological polar surface area (TPSA) is 51.4 Å². The monoisotopic (exact) mass is 263 g/mol. The van der Waals surface area contributed by atoms with E-state index < -0.39 is 0 Å². The summed E-state index contributed by atoms with van der Waals surface area (Å²) >= 11 is 0. The predicted octanol–water partition coefficient (Wildman–Crippen LogP) is 2.35. The molecule has 2 atom stereocenters. The maximum Gasteiger partial charge on any atom is 0.137 e. The zero-order valence-corrected chi connectivity index (χ0v) is 12.0. The zero-order chi connectivity index (χ0) is 13.7. The van der Waals surface area contributed by atoms with Gasteiger partial charge in [-0.2, -0.15) is 0 Å². The number of ether oxygens (including phenoxy) is 1. The number of likely N-dealkylation sites (tertiary alicyclic amines) is 1. The standard InChI is InChI=1S/C15H25N3O/c1-3-14(16)15-8-7-13(10-17-15)19-11-12-6-4-5-9-18(12)2/h7-8,10,12,14H,3-6,9,11,16H2,1-2H3/t12?,14-/m0/s1. The molecule has 0 amide bonds. The third-order valence-electron chi connectivity index (χ3n) is 3.94. The molecule has 1 aliphatic heterocycles. The van der Waals surface area contributed by atoms with E-state index >= 15 is 0 Å². The predicted molar refractivity (Wildman–Crippen MR) is 77.2 cm³/mol. The summed E-state index contributed by atoms with van der Waals surface area (Å²) in [6.45, 7) is 3.99. The number of likely N-dealkylation sites (N-methyl/N-ethyl adjacent to an activating group) is 1. The van der Waals surface area contributed by atoms with Crippen molar-refractivity contribution in [3.8, 4) is 5.75 Å². The Labute approximate surface area is 116 Å². The SMILES string of the molecule is CC[C@H](N)c1ccc(OCC2CCCCN2C)cn1. The fourth-order valence-electron chi connectivity index (χ4n) is 2.45.